The second-order valence-electron chi connectivity index (χ2n) is 1.86. The standard InChI is InChI=1S/C8H13O2/c1-4-6-7(3)8(9)10-5-2/h6H,3-5H2,1-2H3/b7-6+. The molecule has 10 heavy (non-hydrogen) atoms. The Labute approximate surface area is 61.9 Å². The lowest BCUT2D eigenvalue weighted by molar-refractivity contribution is -0.138. The molecule has 0 saturated carbocycles. The first-order valence-electron chi connectivity index (χ1n) is 3.41. The van der Waals surface area contributed by atoms with E-state index in [1.165, 1.54) is 0 Å². The smallest absolute Gasteiger partial charge is 0.333 e. The number of carbonyl (C=O) groups is 1. The Morgan fingerprint density at radius 3 is 2.60 bits per heavy atom. The summed E-state index contributed by atoms with van der Waals surface area (Å²) in [5, 5.41) is 0. The molecule has 0 unspecified atom stereocenters. The molecule has 0 bridgehead atoms. The summed E-state index contributed by atoms with van der Waals surface area (Å²) in [6.07, 6.45) is 2.57. The van der Waals surface area contributed by atoms with Gasteiger partial charge in [-0.2, -0.15) is 0 Å². The summed E-state index contributed by atoms with van der Waals surface area (Å²) in [4.78, 5) is 10.8. The highest BCUT2D eigenvalue weighted by Crippen LogP contribution is 1.96. The summed E-state index contributed by atoms with van der Waals surface area (Å²) in [6.45, 7) is 7.67. The Morgan fingerprint density at radius 1 is 1.60 bits per heavy atom. The minimum absolute atomic E-state index is 0.315. The molecule has 0 saturated heterocycles. The Morgan fingerprint density at radius 2 is 2.20 bits per heavy atom. The fourth-order valence-electron chi connectivity index (χ4n) is 0.554. The first-order chi connectivity index (χ1) is 4.72. The zero-order valence-electron chi connectivity index (χ0n) is 6.52. The lowest BCUT2D eigenvalue weighted by atomic mass is 10.2. The minimum atomic E-state index is -0.315. The zero-order valence-corrected chi connectivity index (χ0v) is 6.52. The van der Waals surface area contributed by atoms with Crippen LogP contribution in [0.5, 0.6) is 0 Å². The summed E-state index contributed by atoms with van der Waals surface area (Å²) >= 11 is 0. The van der Waals surface area contributed by atoms with E-state index in [-0.39, 0.29) is 5.97 Å². The van der Waals surface area contributed by atoms with Crippen LogP contribution in [0.4, 0.5) is 0 Å². The van der Waals surface area contributed by atoms with Crippen LogP contribution in [0.15, 0.2) is 11.6 Å². The van der Waals surface area contributed by atoms with E-state index in [9.17, 15) is 4.79 Å². The molecule has 0 atom stereocenters. The van der Waals surface area contributed by atoms with E-state index in [1.54, 1.807) is 13.0 Å². The number of ether oxygens (including phenoxy) is 1. The fourth-order valence-corrected chi connectivity index (χ4v) is 0.554. The molecule has 0 rings (SSSR count). The molecule has 0 heterocycles. The van der Waals surface area contributed by atoms with Gasteiger partial charge < -0.3 is 4.74 Å². The van der Waals surface area contributed by atoms with Gasteiger partial charge in [-0.15, -0.1) is 0 Å². The lowest BCUT2D eigenvalue weighted by Gasteiger charge is -1.99. The van der Waals surface area contributed by atoms with Crippen molar-refractivity contribution in [1.29, 1.82) is 0 Å². The van der Waals surface area contributed by atoms with Crippen molar-refractivity contribution in [2.45, 2.75) is 20.3 Å². The molecule has 0 spiro atoms. The molecule has 0 aliphatic heterocycles. The Hall–Kier alpha value is -0.790. The summed E-state index contributed by atoms with van der Waals surface area (Å²) in [6, 6.07) is 0. The lowest BCUT2D eigenvalue weighted by Crippen LogP contribution is -2.04. The largest absolute Gasteiger partial charge is 0.463 e. The van der Waals surface area contributed by atoms with Crippen LogP contribution in [0, 0.1) is 6.92 Å². The van der Waals surface area contributed by atoms with E-state index in [0.717, 1.165) is 6.42 Å². The van der Waals surface area contributed by atoms with Crippen LogP contribution < -0.4 is 0 Å². The summed E-state index contributed by atoms with van der Waals surface area (Å²) < 4.78 is 4.69. The van der Waals surface area contributed by atoms with Crippen molar-refractivity contribution in [3.63, 3.8) is 0 Å². The van der Waals surface area contributed by atoms with Crippen molar-refractivity contribution in [1.82, 2.24) is 0 Å². The van der Waals surface area contributed by atoms with Gasteiger partial charge in [0.2, 0.25) is 0 Å². The average molecular weight is 141 g/mol. The number of esters is 1. The topological polar surface area (TPSA) is 26.3 Å². The van der Waals surface area contributed by atoms with Crippen LogP contribution in [0.25, 0.3) is 0 Å². The van der Waals surface area contributed by atoms with Crippen molar-refractivity contribution in [3.05, 3.63) is 18.6 Å². The number of carbonyl (C=O) groups excluding carboxylic acids is 1. The maximum atomic E-state index is 10.8. The first kappa shape index (κ1) is 9.21. The zero-order chi connectivity index (χ0) is 7.98. The normalized spacial score (nSPS) is 11.3. The monoisotopic (exact) mass is 141 g/mol. The Bertz CT molecular complexity index is 136. The van der Waals surface area contributed by atoms with Gasteiger partial charge in [0.05, 0.1) is 6.61 Å². The molecule has 0 aliphatic rings. The van der Waals surface area contributed by atoms with Crippen LogP contribution in [-0.2, 0) is 9.53 Å². The van der Waals surface area contributed by atoms with Gasteiger partial charge in [0, 0.05) is 5.57 Å². The molecule has 0 aromatic heterocycles. The number of hydrogen-bond donors (Lipinski definition) is 0. The van der Waals surface area contributed by atoms with Crippen LogP contribution in [0.2, 0.25) is 0 Å². The van der Waals surface area contributed by atoms with Gasteiger partial charge in [-0.05, 0) is 20.3 Å². The van der Waals surface area contributed by atoms with Crippen molar-refractivity contribution in [2.24, 2.45) is 0 Å². The van der Waals surface area contributed by atoms with E-state index in [1.807, 2.05) is 6.92 Å². The minimum Gasteiger partial charge on any atom is -0.463 e. The van der Waals surface area contributed by atoms with Crippen molar-refractivity contribution in [3.8, 4) is 0 Å². The third-order valence-corrected chi connectivity index (χ3v) is 0.988. The summed E-state index contributed by atoms with van der Waals surface area (Å²) in [5.41, 5.74) is 0.448. The molecule has 1 radical (unpaired) electrons. The van der Waals surface area contributed by atoms with Crippen molar-refractivity contribution in [2.75, 3.05) is 6.61 Å². The van der Waals surface area contributed by atoms with Gasteiger partial charge in [0.25, 0.3) is 0 Å². The SMILES string of the molecule is [CH2]/C(=C\CC)C(=O)OCC. The number of rotatable bonds is 3. The second kappa shape index (κ2) is 5.03. The third kappa shape index (κ3) is 3.28. The molecule has 0 aliphatic carbocycles. The maximum absolute atomic E-state index is 10.8. The van der Waals surface area contributed by atoms with E-state index >= 15 is 0 Å². The molecule has 2 heteroatoms. The van der Waals surface area contributed by atoms with E-state index in [0.29, 0.717) is 12.2 Å². The van der Waals surface area contributed by atoms with Crippen molar-refractivity contribution < 1.29 is 9.53 Å². The van der Waals surface area contributed by atoms with Crippen LogP contribution in [-0.4, -0.2) is 12.6 Å². The Balaban J connectivity index is 3.82. The molecule has 0 aromatic rings. The number of allylic oxidation sites excluding steroid dienone is 1. The van der Waals surface area contributed by atoms with E-state index < -0.39 is 0 Å². The molecule has 0 fully saturated rings. The highest BCUT2D eigenvalue weighted by Gasteiger charge is 2.01. The highest BCUT2D eigenvalue weighted by molar-refractivity contribution is 5.89. The predicted molar refractivity (Wildman–Crippen MR) is 40.4 cm³/mol. The molecular formula is C8H13O2. The average Bonchev–Trinajstić information content (AvgIpc) is 1.89. The predicted octanol–water partition coefficient (Wildman–Crippen LogP) is 1.72. The summed E-state index contributed by atoms with van der Waals surface area (Å²) in [7, 11) is 0. The van der Waals surface area contributed by atoms with Crippen LogP contribution >= 0.6 is 0 Å². The maximum Gasteiger partial charge on any atom is 0.333 e. The quantitative estimate of drug-likeness (QED) is 0.442. The first-order valence-corrected chi connectivity index (χ1v) is 3.41. The van der Waals surface area contributed by atoms with Gasteiger partial charge in [0.1, 0.15) is 0 Å². The van der Waals surface area contributed by atoms with E-state index in [2.05, 4.69) is 11.7 Å². The van der Waals surface area contributed by atoms with Crippen LogP contribution in [0.3, 0.4) is 0 Å². The Kier molecular flexibility index (Phi) is 4.63. The van der Waals surface area contributed by atoms with Crippen LogP contribution in [0.1, 0.15) is 20.3 Å². The van der Waals surface area contributed by atoms with Crippen molar-refractivity contribution >= 4 is 5.97 Å². The van der Waals surface area contributed by atoms with Gasteiger partial charge in [-0.25, -0.2) is 4.79 Å². The number of hydrogen-bond acceptors (Lipinski definition) is 2. The summed E-state index contributed by atoms with van der Waals surface area (Å²) in [5.74, 6) is -0.315. The fraction of sp³-hybridized carbons (Fsp3) is 0.500. The van der Waals surface area contributed by atoms with Gasteiger partial charge in [0.15, 0.2) is 0 Å². The van der Waals surface area contributed by atoms with Gasteiger partial charge in [-0.1, -0.05) is 13.0 Å². The molecular weight excluding hydrogens is 128 g/mol. The molecule has 2 nitrogen and oxygen atoms in total. The molecule has 0 aromatic carbocycles. The van der Waals surface area contributed by atoms with Gasteiger partial charge >= 0.3 is 5.97 Å². The van der Waals surface area contributed by atoms with Gasteiger partial charge in [-0.3, -0.25) is 0 Å². The second-order valence-corrected chi connectivity index (χ2v) is 1.86. The molecule has 57 valence electrons. The molecule has 0 amide bonds. The molecule has 0 N–H and O–H groups in total. The third-order valence-electron chi connectivity index (χ3n) is 0.988. The van der Waals surface area contributed by atoms with E-state index in [4.69, 9.17) is 0 Å². The highest BCUT2D eigenvalue weighted by atomic mass is 16.5.